The lowest BCUT2D eigenvalue weighted by molar-refractivity contribution is -0.123. The predicted octanol–water partition coefficient (Wildman–Crippen LogP) is 2.83. The molecule has 7 nitrogen and oxygen atoms in total. The van der Waals surface area contributed by atoms with Gasteiger partial charge in [0, 0.05) is 28.4 Å². The fourth-order valence-corrected chi connectivity index (χ4v) is 4.89. The number of pyridine rings is 1. The van der Waals surface area contributed by atoms with E-state index in [1.54, 1.807) is 11.8 Å². The fourth-order valence-electron chi connectivity index (χ4n) is 3.22. The molecular formula is C21H27N3O4S2. The molecule has 1 aliphatic heterocycles. The van der Waals surface area contributed by atoms with Crippen molar-refractivity contribution >= 4 is 27.7 Å². The second-order valence-corrected chi connectivity index (χ2v) is 10.4. The Labute approximate surface area is 182 Å². The maximum atomic E-state index is 12.7. The molecule has 1 aromatic carbocycles. The predicted molar refractivity (Wildman–Crippen MR) is 119 cm³/mol. The van der Waals surface area contributed by atoms with Gasteiger partial charge < -0.3 is 10.1 Å². The molecule has 3 rings (SSSR count). The number of carbonyl (C=O) groups is 1. The van der Waals surface area contributed by atoms with Crippen molar-refractivity contribution in [3.8, 4) is 16.9 Å². The quantitative estimate of drug-likeness (QED) is 0.732. The summed E-state index contributed by atoms with van der Waals surface area (Å²) in [6, 6.07) is 8.75. The van der Waals surface area contributed by atoms with Crippen LogP contribution in [0.1, 0.15) is 26.2 Å². The zero-order valence-corrected chi connectivity index (χ0v) is 18.8. The highest BCUT2D eigenvalue weighted by Crippen LogP contribution is 2.32. The van der Waals surface area contributed by atoms with Crippen molar-refractivity contribution in [1.82, 2.24) is 15.0 Å². The monoisotopic (exact) mass is 449 g/mol. The number of aromatic nitrogens is 1. The molecule has 0 aliphatic carbocycles. The van der Waals surface area contributed by atoms with E-state index in [0.717, 1.165) is 40.9 Å². The first kappa shape index (κ1) is 22.6. The topological polar surface area (TPSA) is 97.4 Å². The van der Waals surface area contributed by atoms with Crippen LogP contribution >= 0.6 is 11.8 Å². The molecule has 2 heterocycles. The molecule has 0 spiro atoms. The van der Waals surface area contributed by atoms with Gasteiger partial charge in [-0.2, -0.15) is 0 Å². The van der Waals surface area contributed by atoms with Gasteiger partial charge in [0.1, 0.15) is 18.4 Å². The number of sulfonamides is 1. The van der Waals surface area contributed by atoms with Gasteiger partial charge in [-0.1, -0.05) is 24.6 Å². The van der Waals surface area contributed by atoms with E-state index in [4.69, 9.17) is 4.74 Å². The van der Waals surface area contributed by atoms with E-state index in [9.17, 15) is 13.2 Å². The summed E-state index contributed by atoms with van der Waals surface area (Å²) in [5.41, 5.74) is 1.92. The Morgan fingerprint density at radius 3 is 2.83 bits per heavy atom. The van der Waals surface area contributed by atoms with Crippen LogP contribution in [0.15, 0.2) is 47.6 Å². The average molecular weight is 450 g/mol. The summed E-state index contributed by atoms with van der Waals surface area (Å²) in [6.45, 7) is 2.09. The number of benzene rings is 1. The molecule has 30 heavy (non-hydrogen) atoms. The van der Waals surface area contributed by atoms with E-state index in [2.05, 4.69) is 21.1 Å². The molecule has 0 radical (unpaired) electrons. The standard InChI is InChI=1S/C21H27N3O4S2/c1-15-14-28-20-9-4-3-7-18(20)16-11-17(13-22-12-16)29-10-6-5-8-19(21(25)23-15)24-30(2,26)27/h3-4,7,9,11-13,15,19,24H,5-6,8,10,14H2,1-2H3,(H,23,25)/t15-,19+/m1/s1. The highest BCUT2D eigenvalue weighted by Gasteiger charge is 2.23. The van der Waals surface area contributed by atoms with E-state index in [0.29, 0.717) is 12.2 Å². The minimum Gasteiger partial charge on any atom is -0.491 e. The van der Waals surface area contributed by atoms with Crippen LogP contribution in [0, 0.1) is 0 Å². The number of carbonyl (C=O) groups excluding carboxylic acids is 1. The molecule has 2 bridgehead atoms. The normalized spacial score (nSPS) is 21.2. The molecule has 1 aliphatic rings. The summed E-state index contributed by atoms with van der Waals surface area (Å²) in [6.07, 6.45) is 6.76. The third-order valence-electron chi connectivity index (χ3n) is 4.62. The van der Waals surface area contributed by atoms with Crippen molar-refractivity contribution in [2.45, 2.75) is 43.2 Å². The van der Waals surface area contributed by atoms with Crippen molar-refractivity contribution in [2.75, 3.05) is 18.6 Å². The van der Waals surface area contributed by atoms with Gasteiger partial charge in [-0.05, 0) is 37.7 Å². The van der Waals surface area contributed by atoms with E-state index in [-0.39, 0.29) is 18.6 Å². The number of para-hydroxylation sites is 1. The Morgan fingerprint density at radius 2 is 2.03 bits per heavy atom. The first-order valence-electron chi connectivity index (χ1n) is 9.89. The number of hydrogen-bond donors (Lipinski definition) is 2. The van der Waals surface area contributed by atoms with Crippen molar-refractivity contribution < 1.29 is 17.9 Å². The van der Waals surface area contributed by atoms with Gasteiger partial charge in [0.2, 0.25) is 15.9 Å². The smallest absolute Gasteiger partial charge is 0.238 e. The van der Waals surface area contributed by atoms with Crippen LogP contribution in [0.5, 0.6) is 5.75 Å². The van der Waals surface area contributed by atoms with Crippen LogP contribution in [0.3, 0.4) is 0 Å². The van der Waals surface area contributed by atoms with Crippen molar-refractivity contribution in [3.63, 3.8) is 0 Å². The number of hydrogen-bond acceptors (Lipinski definition) is 6. The summed E-state index contributed by atoms with van der Waals surface area (Å²) in [5, 5.41) is 2.86. The molecule has 0 saturated heterocycles. The van der Waals surface area contributed by atoms with Crippen molar-refractivity contribution in [3.05, 3.63) is 42.7 Å². The van der Waals surface area contributed by atoms with Crippen molar-refractivity contribution in [2.24, 2.45) is 0 Å². The number of nitrogens with zero attached hydrogens (tertiary/aromatic N) is 1. The minimum absolute atomic E-state index is 0.260. The van der Waals surface area contributed by atoms with Gasteiger partial charge in [0.25, 0.3) is 0 Å². The Hall–Kier alpha value is -2.10. The van der Waals surface area contributed by atoms with Crippen LogP contribution in [0.25, 0.3) is 11.1 Å². The van der Waals surface area contributed by atoms with Crippen LogP contribution in [-0.2, 0) is 14.8 Å². The Kier molecular flexibility index (Phi) is 7.74. The maximum absolute atomic E-state index is 12.7. The zero-order chi connectivity index (χ0) is 21.6. The van der Waals surface area contributed by atoms with Gasteiger partial charge in [0.15, 0.2) is 0 Å². The van der Waals surface area contributed by atoms with Gasteiger partial charge in [-0.15, -0.1) is 11.8 Å². The number of amides is 1. The molecule has 1 aromatic heterocycles. The van der Waals surface area contributed by atoms with Crippen LogP contribution in [0.4, 0.5) is 0 Å². The summed E-state index contributed by atoms with van der Waals surface area (Å²) >= 11 is 1.69. The fraction of sp³-hybridized carbons (Fsp3) is 0.429. The first-order valence-corrected chi connectivity index (χ1v) is 12.8. The van der Waals surface area contributed by atoms with Gasteiger partial charge >= 0.3 is 0 Å². The molecule has 1 amide bonds. The maximum Gasteiger partial charge on any atom is 0.238 e. The van der Waals surface area contributed by atoms with Gasteiger partial charge in [-0.3, -0.25) is 9.78 Å². The third kappa shape index (κ3) is 6.72. The average Bonchev–Trinajstić information content (AvgIpc) is 2.70. The van der Waals surface area contributed by atoms with E-state index < -0.39 is 16.1 Å². The second kappa shape index (κ2) is 10.3. The molecule has 9 heteroatoms. The largest absolute Gasteiger partial charge is 0.491 e. The molecule has 2 aromatic rings. The number of thioether (sulfide) groups is 1. The molecule has 0 fully saturated rings. The molecule has 2 atom stereocenters. The highest BCUT2D eigenvalue weighted by molar-refractivity contribution is 7.99. The van der Waals surface area contributed by atoms with E-state index in [1.165, 1.54) is 0 Å². The summed E-state index contributed by atoms with van der Waals surface area (Å²) < 4.78 is 31.8. The SMILES string of the molecule is C[C@@H]1COc2ccccc2-c2cncc(c2)SCCCC[C@H](NS(C)(=O)=O)C(=O)N1. The Bertz CT molecular complexity index is 982. The molecular weight excluding hydrogens is 422 g/mol. The lowest BCUT2D eigenvalue weighted by Crippen LogP contribution is -2.49. The number of nitrogens with one attached hydrogen (secondary N) is 2. The van der Waals surface area contributed by atoms with Gasteiger partial charge in [0.05, 0.1) is 12.3 Å². The van der Waals surface area contributed by atoms with Crippen LogP contribution < -0.4 is 14.8 Å². The highest BCUT2D eigenvalue weighted by atomic mass is 32.2. The molecule has 162 valence electrons. The summed E-state index contributed by atoms with van der Waals surface area (Å²) in [7, 11) is -3.49. The minimum atomic E-state index is -3.49. The van der Waals surface area contributed by atoms with Crippen LogP contribution in [-0.4, -0.2) is 50.0 Å². The second-order valence-electron chi connectivity index (χ2n) is 7.41. The van der Waals surface area contributed by atoms with Crippen LogP contribution in [0.2, 0.25) is 0 Å². The molecule has 2 N–H and O–H groups in total. The van der Waals surface area contributed by atoms with E-state index in [1.807, 2.05) is 43.6 Å². The lowest BCUT2D eigenvalue weighted by atomic mass is 10.1. The number of ether oxygens (including phenoxy) is 1. The third-order valence-corrected chi connectivity index (χ3v) is 6.38. The first-order chi connectivity index (χ1) is 14.3. The lowest BCUT2D eigenvalue weighted by Gasteiger charge is -2.22. The molecule has 0 unspecified atom stereocenters. The molecule has 0 saturated carbocycles. The Morgan fingerprint density at radius 1 is 1.23 bits per heavy atom. The van der Waals surface area contributed by atoms with E-state index >= 15 is 0 Å². The number of rotatable bonds is 2. The summed E-state index contributed by atoms with van der Waals surface area (Å²) in [4.78, 5) is 18.1. The van der Waals surface area contributed by atoms with Gasteiger partial charge in [-0.25, -0.2) is 13.1 Å². The number of fused-ring (bicyclic) bond motifs is 4. The zero-order valence-electron chi connectivity index (χ0n) is 17.1. The Balaban J connectivity index is 1.84. The summed E-state index contributed by atoms with van der Waals surface area (Å²) in [5.74, 6) is 1.23. The van der Waals surface area contributed by atoms with Crippen molar-refractivity contribution in [1.29, 1.82) is 0 Å².